The number of carbonyl (C=O) groups is 2. The van der Waals surface area contributed by atoms with Gasteiger partial charge in [-0.05, 0) is 6.07 Å². The van der Waals surface area contributed by atoms with E-state index in [1.54, 1.807) is 12.1 Å². The number of carbonyl (C=O) groups excluding carboxylic acids is 2. The molecule has 0 spiro atoms. The van der Waals surface area contributed by atoms with Crippen LogP contribution >= 0.6 is 22.9 Å². The third-order valence-corrected chi connectivity index (χ3v) is 4.93. The second-order valence-corrected chi connectivity index (χ2v) is 6.37. The summed E-state index contributed by atoms with van der Waals surface area (Å²) >= 11 is 7.35. The lowest BCUT2D eigenvalue weighted by Gasteiger charge is -2.04. The molecule has 2 N–H and O–H groups in total. The Morgan fingerprint density at radius 1 is 1.28 bits per heavy atom. The van der Waals surface area contributed by atoms with Gasteiger partial charge in [-0.3, -0.25) is 35.2 Å². The molecule has 3 rings (SSSR count). The number of nitro groups is 1. The van der Waals surface area contributed by atoms with Crippen molar-refractivity contribution in [1.82, 2.24) is 20.6 Å². The fourth-order valence-electron chi connectivity index (χ4n) is 2.16. The molecule has 0 atom stereocenters. The summed E-state index contributed by atoms with van der Waals surface area (Å²) < 4.78 is 1.96. The number of thiophene rings is 1. The molecule has 1 aromatic carbocycles. The van der Waals surface area contributed by atoms with Crippen molar-refractivity contribution in [3.8, 4) is 0 Å². The van der Waals surface area contributed by atoms with Crippen LogP contribution in [0.1, 0.15) is 20.2 Å². The molecule has 3 aromatic rings. The summed E-state index contributed by atoms with van der Waals surface area (Å²) in [5.41, 5.74) is 3.43. The SMILES string of the molecule is Cn1cc([N+](=O)[O-])c(C(=O)NNC(=O)c2sc3ccccc3c2Cl)n1. The minimum absolute atomic E-state index is 0.221. The van der Waals surface area contributed by atoms with Crippen molar-refractivity contribution in [3.05, 3.63) is 56.2 Å². The van der Waals surface area contributed by atoms with Crippen LogP contribution in [0.2, 0.25) is 5.02 Å². The Kier molecular flexibility index (Phi) is 4.38. The number of amides is 2. The molecule has 0 saturated carbocycles. The van der Waals surface area contributed by atoms with Crippen LogP contribution in [0.4, 0.5) is 5.69 Å². The Morgan fingerprint density at radius 2 is 1.96 bits per heavy atom. The van der Waals surface area contributed by atoms with Crippen LogP contribution in [0, 0.1) is 10.1 Å². The molecule has 9 nitrogen and oxygen atoms in total. The number of fused-ring (bicyclic) bond motifs is 1. The fraction of sp³-hybridized carbons (Fsp3) is 0.0714. The number of hydrogen-bond acceptors (Lipinski definition) is 6. The molecule has 128 valence electrons. The highest BCUT2D eigenvalue weighted by Crippen LogP contribution is 2.34. The number of nitrogens with one attached hydrogen (secondary N) is 2. The Hall–Kier alpha value is -2.98. The van der Waals surface area contributed by atoms with Crippen LogP contribution in [0.5, 0.6) is 0 Å². The molecule has 0 aliphatic rings. The highest BCUT2D eigenvalue weighted by molar-refractivity contribution is 7.21. The molecular weight excluding hydrogens is 370 g/mol. The number of nitrogens with zero attached hydrogens (tertiary/aromatic N) is 3. The van der Waals surface area contributed by atoms with E-state index in [1.165, 1.54) is 18.4 Å². The second kappa shape index (κ2) is 6.49. The van der Waals surface area contributed by atoms with Gasteiger partial charge in [-0.15, -0.1) is 11.3 Å². The second-order valence-electron chi connectivity index (χ2n) is 4.94. The van der Waals surface area contributed by atoms with Gasteiger partial charge in [-0.2, -0.15) is 5.10 Å². The molecule has 2 aromatic heterocycles. The average molecular weight is 380 g/mol. The van der Waals surface area contributed by atoms with Crippen molar-refractivity contribution in [2.75, 3.05) is 0 Å². The maximum Gasteiger partial charge on any atom is 0.320 e. The van der Waals surface area contributed by atoms with E-state index < -0.39 is 28.1 Å². The van der Waals surface area contributed by atoms with Gasteiger partial charge >= 0.3 is 5.69 Å². The van der Waals surface area contributed by atoms with Gasteiger partial charge in [-0.25, -0.2) is 0 Å². The number of hydrogen-bond donors (Lipinski definition) is 2. The molecular formula is C14H10ClN5O4S. The summed E-state index contributed by atoms with van der Waals surface area (Å²) in [4.78, 5) is 34.7. The molecule has 0 unspecified atom stereocenters. The fourth-order valence-corrected chi connectivity index (χ4v) is 3.57. The van der Waals surface area contributed by atoms with E-state index in [-0.39, 0.29) is 9.90 Å². The molecule has 0 aliphatic carbocycles. The Labute approximate surface area is 149 Å². The molecule has 2 heterocycles. The van der Waals surface area contributed by atoms with Gasteiger partial charge < -0.3 is 0 Å². The van der Waals surface area contributed by atoms with E-state index in [0.717, 1.165) is 21.0 Å². The van der Waals surface area contributed by atoms with Crippen molar-refractivity contribution in [2.45, 2.75) is 0 Å². The minimum atomic E-state index is -0.905. The summed E-state index contributed by atoms with van der Waals surface area (Å²) in [6.45, 7) is 0. The number of benzene rings is 1. The van der Waals surface area contributed by atoms with E-state index in [1.807, 2.05) is 12.1 Å². The maximum atomic E-state index is 12.2. The summed E-state index contributed by atoms with van der Waals surface area (Å²) in [6.07, 6.45) is 1.10. The van der Waals surface area contributed by atoms with Gasteiger partial charge in [0.2, 0.25) is 5.69 Å². The van der Waals surface area contributed by atoms with Crippen LogP contribution < -0.4 is 10.9 Å². The zero-order chi connectivity index (χ0) is 18.1. The van der Waals surface area contributed by atoms with Gasteiger partial charge in [0, 0.05) is 17.1 Å². The van der Waals surface area contributed by atoms with Gasteiger partial charge in [0.15, 0.2) is 0 Å². The first-order valence-corrected chi connectivity index (χ1v) is 8.03. The largest absolute Gasteiger partial charge is 0.320 e. The number of aryl methyl sites for hydroxylation is 1. The van der Waals surface area contributed by atoms with Gasteiger partial charge in [0.25, 0.3) is 11.8 Å². The summed E-state index contributed by atoms with van der Waals surface area (Å²) in [6, 6.07) is 7.21. The van der Waals surface area contributed by atoms with E-state index in [4.69, 9.17) is 11.6 Å². The molecule has 0 bridgehead atoms. The molecule has 0 fully saturated rings. The third kappa shape index (κ3) is 3.16. The number of halogens is 1. The Bertz CT molecular complexity index is 1010. The average Bonchev–Trinajstić information content (AvgIpc) is 3.14. The molecule has 0 aliphatic heterocycles. The minimum Gasteiger partial charge on any atom is -0.268 e. The third-order valence-electron chi connectivity index (χ3n) is 3.25. The first kappa shape index (κ1) is 16.9. The van der Waals surface area contributed by atoms with Gasteiger partial charge in [0.05, 0.1) is 9.95 Å². The highest BCUT2D eigenvalue weighted by atomic mass is 35.5. The standard InChI is InChI=1S/C14H10ClN5O4S/c1-19-6-8(20(23)24)11(18-19)13(21)16-17-14(22)12-10(15)7-4-2-3-5-9(7)25-12/h2-6H,1H3,(H,16,21)(H,17,22). The van der Waals surface area contributed by atoms with Crippen LogP contribution in [0.15, 0.2) is 30.5 Å². The quantitative estimate of drug-likeness (QED) is 0.534. The van der Waals surface area contributed by atoms with E-state index in [2.05, 4.69) is 16.0 Å². The number of aromatic nitrogens is 2. The topological polar surface area (TPSA) is 119 Å². The normalized spacial score (nSPS) is 10.6. The zero-order valence-corrected chi connectivity index (χ0v) is 14.2. The maximum absolute atomic E-state index is 12.2. The lowest BCUT2D eigenvalue weighted by molar-refractivity contribution is -0.385. The molecule has 2 amide bonds. The van der Waals surface area contributed by atoms with E-state index in [9.17, 15) is 19.7 Å². The molecule has 0 radical (unpaired) electrons. The molecule has 0 saturated heterocycles. The summed E-state index contributed by atoms with van der Waals surface area (Å²) in [5.74, 6) is -1.53. The van der Waals surface area contributed by atoms with Crippen molar-refractivity contribution in [2.24, 2.45) is 7.05 Å². The van der Waals surface area contributed by atoms with Crippen LogP contribution in [0.25, 0.3) is 10.1 Å². The number of rotatable bonds is 3. The first-order valence-electron chi connectivity index (χ1n) is 6.84. The Balaban J connectivity index is 1.77. The van der Waals surface area contributed by atoms with E-state index >= 15 is 0 Å². The van der Waals surface area contributed by atoms with Crippen molar-refractivity contribution >= 4 is 50.5 Å². The smallest absolute Gasteiger partial charge is 0.268 e. The zero-order valence-electron chi connectivity index (χ0n) is 12.6. The van der Waals surface area contributed by atoms with Crippen LogP contribution in [0.3, 0.4) is 0 Å². The molecule has 25 heavy (non-hydrogen) atoms. The first-order chi connectivity index (χ1) is 11.9. The summed E-state index contributed by atoms with van der Waals surface area (Å²) in [5, 5.41) is 15.6. The van der Waals surface area contributed by atoms with Crippen molar-refractivity contribution in [3.63, 3.8) is 0 Å². The molecule has 11 heteroatoms. The highest BCUT2D eigenvalue weighted by Gasteiger charge is 2.26. The van der Waals surface area contributed by atoms with Crippen molar-refractivity contribution < 1.29 is 14.5 Å². The van der Waals surface area contributed by atoms with Crippen LogP contribution in [-0.4, -0.2) is 26.5 Å². The van der Waals surface area contributed by atoms with Crippen LogP contribution in [-0.2, 0) is 7.05 Å². The lowest BCUT2D eigenvalue weighted by atomic mass is 10.2. The Morgan fingerprint density at radius 3 is 2.64 bits per heavy atom. The predicted octanol–water partition coefficient (Wildman–Crippen LogP) is 2.27. The predicted molar refractivity (Wildman–Crippen MR) is 91.6 cm³/mol. The lowest BCUT2D eigenvalue weighted by Crippen LogP contribution is -2.41. The van der Waals surface area contributed by atoms with E-state index in [0.29, 0.717) is 0 Å². The summed E-state index contributed by atoms with van der Waals surface area (Å²) in [7, 11) is 1.44. The van der Waals surface area contributed by atoms with Gasteiger partial charge in [-0.1, -0.05) is 29.8 Å². The van der Waals surface area contributed by atoms with Crippen molar-refractivity contribution in [1.29, 1.82) is 0 Å². The van der Waals surface area contributed by atoms with Gasteiger partial charge in [0.1, 0.15) is 11.1 Å². The number of hydrazine groups is 1. The monoisotopic (exact) mass is 379 g/mol.